The Bertz CT molecular complexity index is 284. The number of rotatable bonds is 22. The second-order valence-electron chi connectivity index (χ2n) is 8.86. The van der Waals surface area contributed by atoms with E-state index in [2.05, 4.69) is 26.0 Å². The van der Waals surface area contributed by atoms with Gasteiger partial charge in [0.05, 0.1) is 0 Å². The van der Waals surface area contributed by atoms with E-state index in [1.54, 1.807) is 0 Å². The molecule has 1 heteroatoms. The maximum atomic E-state index is 2.60. The molecule has 0 aliphatic rings. The fourth-order valence-corrected chi connectivity index (χ4v) is 4.54. The Morgan fingerprint density at radius 1 is 0.556 bits per heavy atom. The highest BCUT2D eigenvalue weighted by atomic mass is 28.1. The van der Waals surface area contributed by atoms with Gasteiger partial charge in [-0.25, -0.2) is 0 Å². The lowest BCUT2D eigenvalue weighted by molar-refractivity contribution is 0.466. The van der Waals surface area contributed by atoms with Gasteiger partial charge in [0.1, 0.15) is 0 Å². The van der Waals surface area contributed by atoms with E-state index >= 15 is 0 Å². The molecule has 0 saturated carbocycles. The fraction of sp³-hybridized carbons (Fsp3) is 0.923. The minimum atomic E-state index is 0.872. The molecule has 0 aromatic heterocycles. The third kappa shape index (κ3) is 22.1. The minimum absolute atomic E-state index is 0.872. The highest BCUT2D eigenvalue weighted by molar-refractivity contribution is 6.08. The van der Waals surface area contributed by atoms with Gasteiger partial charge in [-0.05, 0) is 31.6 Å². The Kier molecular flexibility index (Phi) is 24.0. The molecule has 0 rings (SSSR count). The third-order valence-corrected chi connectivity index (χ3v) is 6.70. The molecule has 0 nitrogen and oxygen atoms in total. The zero-order chi connectivity index (χ0) is 19.8. The van der Waals surface area contributed by atoms with Crippen molar-refractivity contribution in [2.24, 2.45) is 5.92 Å². The van der Waals surface area contributed by atoms with Crippen LogP contribution in [0.3, 0.4) is 0 Å². The summed E-state index contributed by atoms with van der Waals surface area (Å²) in [6.07, 6.45) is 33.9. The van der Waals surface area contributed by atoms with Crippen LogP contribution in [0.1, 0.15) is 142 Å². The van der Waals surface area contributed by atoms with E-state index in [0.717, 1.165) is 5.92 Å². The smallest absolute Gasteiger partial charge is 0.00279 e. The molecule has 0 aromatic carbocycles. The van der Waals surface area contributed by atoms with Gasteiger partial charge in [-0.1, -0.05) is 135 Å². The molecule has 0 spiro atoms. The van der Waals surface area contributed by atoms with Crippen LogP contribution < -0.4 is 0 Å². The maximum Gasteiger partial charge on any atom is 0.00279 e. The second-order valence-corrected chi connectivity index (χ2v) is 9.86. The molecule has 1 atom stereocenters. The van der Waals surface area contributed by atoms with E-state index in [9.17, 15) is 0 Å². The van der Waals surface area contributed by atoms with E-state index in [-0.39, 0.29) is 0 Å². The van der Waals surface area contributed by atoms with Crippen molar-refractivity contribution in [1.82, 2.24) is 0 Å². The predicted molar refractivity (Wildman–Crippen MR) is 131 cm³/mol. The molecule has 0 saturated heterocycles. The van der Waals surface area contributed by atoms with Crippen LogP contribution in [0.25, 0.3) is 0 Å². The van der Waals surface area contributed by atoms with Crippen LogP contribution in [0.2, 0.25) is 6.04 Å². The van der Waals surface area contributed by atoms with Gasteiger partial charge in [0.15, 0.2) is 0 Å². The molecule has 0 aliphatic carbocycles. The van der Waals surface area contributed by atoms with Gasteiger partial charge >= 0.3 is 0 Å². The Labute approximate surface area is 176 Å². The molecule has 27 heavy (non-hydrogen) atoms. The van der Waals surface area contributed by atoms with Crippen LogP contribution in [-0.4, -0.2) is 10.2 Å². The van der Waals surface area contributed by atoms with Gasteiger partial charge in [-0.15, -0.1) is 0 Å². The van der Waals surface area contributed by atoms with Gasteiger partial charge in [0.25, 0.3) is 0 Å². The molecule has 0 fully saturated rings. The van der Waals surface area contributed by atoms with Crippen molar-refractivity contribution >= 4 is 10.2 Å². The largest absolute Gasteiger partial charge is 0.0883 e. The first-order chi connectivity index (χ1) is 13.3. The standard InChI is InChI=1S/C26H54Si/c1-3-5-7-9-11-12-13-15-19-23-26(24-20-16-17-21-25-27)22-18-14-10-8-6-4-2/h18,22,26H,3-17,19-21,23-25H2,1-2,27H3. The molecule has 0 N–H and O–H groups in total. The average molecular weight is 395 g/mol. The quantitative estimate of drug-likeness (QED) is 0.0977. The monoisotopic (exact) mass is 394 g/mol. The van der Waals surface area contributed by atoms with Crippen LogP contribution in [-0.2, 0) is 0 Å². The Morgan fingerprint density at radius 2 is 1.00 bits per heavy atom. The Balaban J connectivity index is 3.83. The fourth-order valence-electron chi connectivity index (χ4n) is 4.04. The van der Waals surface area contributed by atoms with Gasteiger partial charge in [-0.3, -0.25) is 0 Å². The number of allylic oxidation sites excluding steroid dienone is 2. The maximum absolute atomic E-state index is 2.60. The zero-order valence-corrected chi connectivity index (χ0v) is 21.6. The highest BCUT2D eigenvalue weighted by Crippen LogP contribution is 2.21. The first-order valence-electron chi connectivity index (χ1n) is 13.0. The van der Waals surface area contributed by atoms with Gasteiger partial charge in [0.2, 0.25) is 0 Å². The van der Waals surface area contributed by atoms with Crippen molar-refractivity contribution in [3.8, 4) is 0 Å². The summed E-state index contributed by atoms with van der Waals surface area (Å²) in [6.45, 7) is 4.61. The van der Waals surface area contributed by atoms with Crippen molar-refractivity contribution in [3.63, 3.8) is 0 Å². The summed E-state index contributed by atoms with van der Waals surface area (Å²) in [5, 5.41) is 0. The molecule has 0 amide bonds. The highest BCUT2D eigenvalue weighted by Gasteiger charge is 2.05. The molecule has 0 radical (unpaired) electrons. The van der Waals surface area contributed by atoms with Crippen LogP contribution >= 0.6 is 0 Å². The molecule has 162 valence electrons. The van der Waals surface area contributed by atoms with E-state index < -0.39 is 0 Å². The Hall–Kier alpha value is -0.0431. The lowest BCUT2D eigenvalue weighted by atomic mass is 9.93. The zero-order valence-electron chi connectivity index (χ0n) is 19.6. The second kappa shape index (κ2) is 24.0. The topological polar surface area (TPSA) is 0 Å². The van der Waals surface area contributed by atoms with Crippen LogP contribution in [0.15, 0.2) is 12.2 Å². The van der Waals surface area contributed by atoms with Crippen molar-refractivity contribution in [1.29, 1.82) is 0 Å². The SMILES string of the molecule is CCCCCCC=CC(CCCCCC[SiH3])CCCCCCCCCCC. The lowest BCUT2D eigenvalue weighted by Crippen LogP contribution is -1.97. The van der Waals surface area contributed by atoms with Crippen LogP contribution in [0.4, 0.5) is 0 Å². The van der Waals surface area contributed by atoms with E-state index in [4.69, 9.17) is 0 Å². The van der Waals surface area contributed by atoms with Gasteiger partial charge in [-0.2, -0.15) is 0 Å². The summed E-state index contributed by atoms with van der Waals surface area (Å²) < 4.78 is 0. The van der Waals surface area contributed by atoms with E-state index in [1.807, 2.05) is 0 Å². The molecule has 0 bridgehead atoms. The van der Waals surface area contributed by atoms with Crippen LogP contribution in [0.5, 0.6) is 0 Å². The van der Waals surface area contributed by atoms with Crippen molar-refractivity contribution < 1.29 is 0 Å². The van der Waals surface area contributed by atoms with Crippen molar-refractivity contribution in [3.05, 3.63) is 12.2 Å². The minimum Gasteiger partial charge on any atom is -0.0883 e. The number of hydrogen-bond donors (Lipinski definition) is 0. The summed E-state index contributed by atoms with van der Waals surface area (Å²) >= 11 is 0. The van der Waals surface area contributed by atoms with Gasteiger partial charge < -0.3 is 0 Å². The molecule has 1 unspecified atom stereocenters. The molecule has 0 aliphatic heterocycles. The third-order valence-electron chi connectivity index (χ3n) is 5.99. The first-order valence-corrected chi connectivity index (χ1v) is 14.4. The summed E-state index contributed by atoms with van der Waals surface area (Å²) in [6, 6.07) is 1.50. The Morgan fingerprint density at radius 3 is 1.52 bits per heavy atom. The number of hydrogen-bond acceptors (Lipinski definition) is 0. The molecular formula is C26H54Si. The summed E-state index contributed by atoms with van der Waals surface area (Å²) in [5.74, 6) is 0.872. The summed E-state index contributed by atoms with van der Waals surface area (Å²) in [7, 11) is 1.40. The summed E-state index contributed by atoms with van der Waals surface area (Å²) in [5.41, 5.74) is 0. The molecule has 0 aromatic rings. The van der Waals surface area contributed by atoms with E-state index in [0.29, 0.717) is 0 Å². The lowest BCUT2D eigenvalue weighted by Gasteiger charge is -2.13. The van der Waals surface area contributed by atoms with Crippen LogP contribution in [0, 0.1) is 5.92 Å². The van der Waals surface area contributed by atoms with Crippen molar-refractivity contribution in [2.45, 2.75) is 148 Å². The van der Waals surface area contributed by atoms with Gasteiger partial charge in [0, 0.05) is 10.2 Å². The average Bonchev–Trinajstić information content (AvgIpc) is 2.68. The normalized spacial score (nSPS) is 13.0. The van der Waals surface area contributed by atoms with Crippen molar-refractivity contribution in [2.75, 3.05) is 0 Å². The summed E-state index contributed by atoms with van der Waals surface area (Å²) in [4.78, 5) is 0. The number of unbranched alkanes of at least 4 members (excludes halogenated alkanes) is 15. The molecular weight excluding hydrogens is 340 g/mol. The molecule has 0 heterocycles. The predicted octanol–water partition coefficient (Wildman–Crippen LogP) is 8.78. The van der Waals surface area contributed by atoms with E-state index in [1.165, 1.54) is 145 Å². The first kappa shape index (κ1) is 27.0.